The molecule has 0 bridgehead atoms. The Morgan fingerprint density at radius 3 is 2.37 bits per heavy atom. The Hall–Kier alpha value is -3.01. The van der Waals surface area contributed by atoms with E-state index >= 15 is 0 Å². The van der Waals surface area contributed by atoms with Crippen molar-refractivity contribution in [3.05, 3.63) is 62.3 Å². The third kappa shape index (κ3) is 4.57. The molecule has 1 aliphatic heterocycles. The molecule has 0 saturated heterocycles. The number of rotatable bonds is 4. The fourth-order valence-corrected chi connectivity index (χ4v) is 5.46. The van der Waals surface area contributed by atoms with Crippen LogP contribution < -0.4 is 9.47 Å². The van der Waals surface area contributed by atoms with Gasteiger partial charge in [0.15, 0.2) is 5.69 Å². The van der Waals surface area contributed by atoms with Gasteiger partial charge in [0.2, 0.25) is 0 Å². The number of nitrogens with zero attached hydrogens (tertiary/aromatic N) is 5. The summed E-state index contributed by atoms with van der Waals surface area (Å²) in [5.74, 6) is 0.990. The molecule has 8 nitrogen and oxygen atoms in total. The van der Waals surface area contributed by atoms with Crippen molar-refractivity contribution < 1.29 is 14.3 Å². The number of aryl methyl sites for hydroxylation is 1. The Morgan fingerprint density at radius 1 is 1.11 bits per heavy atom. The van der Waals surface area contributed by atoms with Gasteiger partial charge in [-0.1, -0.05) is 23.2 Å². The van der Waals surface area contributed by atoms with Crippen LogP contribution in [0.1, 0.15) is 36.8 Å². The van der Waals surface area contributed by atoms with Crippen molar-refractivity contribution in [2.24, 2.45) is 7.05 Å². The SMILES string of the molecule is COc1cc2c(cc1-c1nn(C)cc1Br)-c1c(c(C(=O)N(C)C(C)(C)C)nn1-c1cc(Cl)cc(Cl)c1)CO2. The molecule has 5 rings (SSSR count). The lowest BCUT2D eigenvalue weighted by molar-refractivity contribution is 0.0646. The van der Waals surface area contributed by atoms with Crippen molar-refractivity contribution in [1.82, 2.24) is 24.5 Å². The van der Waals surface area contributed by atoms with E-state index in [1.54, 1.807) is 46.6 Å². The van der Waals surface area contributed by atoms with Gasteiger partial charge >= 0.3 is 0 Å². The van der Waals surface area contributed by atoms with Crippen LogP contribution in [0, 0.1) is 0 Å². The number of amides is 1. The molecule has 0 aliphatic carbocycles. The number of hydrogen-bond donors (Lipinski definition) is 0. The van der Waals surface area contributed by atoms with E-state index in [-0.39, 0.29) is 12.5 Å². The first-order valence-corrected chi connectivity index (χ1v) is 13.3. The van der Waals surface area contributed by atoms with Gasteiger partial charge < -0.3 is 14.4 Å². The van der Waals surface area contributed by atoms with E-state index in [1.165, 1.54) is 0 Å². The summed E-state index contributed by atoms with van der Waals surface area (Å²) in [5, 5.41) is 10.3. The van der Waals surface area contributed by atoms with Crippen molar-refractivity contribution in [2.45, 2.75) is 32.9 Å². The molecule has 0 fully saturated rings. The first-order chi connectivity index (χ1) is 17.9. The minimum absolute atomic E-state index is 0.158. The number of carbonyl (C=O) groups excluding carboxylic acids is 1. The highest BCUT2D eigenvalue weighted by molar-refractivity contribution is 9.10. The van der Waals surface area contributed by atoms with Gasteiger partial charge in [-0.15, -0.1) is 0 Å². The smallest absolute Gasteiger partial charge is 0.274 e. The van der Waals surface area contributed by atoms with Crippen LogP contribution in [0.5, 0.6) is 11.5 Å². The lowest BCUT2D eigenvalue weighted by Crippen LogP contribution is -2.43. The van der Waals surface area contributed by atoms with Crippen molar-refractivity contribution >= 4 is 45.0 Å². The molecule has 11 heteroatoms. The number of halogens is 3. The van der Waals surface area contributed by atoms with Crippen LogP contribution in [0.4, 0.5) is 0 Å². The molecule has 2 aromatic carbocycles. The third-order valence-corrected chi connectivity index (χ3v) is 7.57. The predicted molar refractivity (Wildman–Crippen MR) is 152 cm³/mol. The molecule has 4 aromatic rings. The average molecular weight is 619 g/mol. The second-order valence-electron chi connectivity index (χ2n) is 10.1. The molecular weight excluding hydrogens is 593 g/mol. The first-order valence-electron chi connectivity index (χ1n) is 11.8. The zero-order valence-corrected chi connectivity index (χ0v) is 24.9. The van der Waals surface area contributed by atoms with E-state index in [9.17, 15) is 4.79 Å². The van der Waals surface area contributed by atoms with Gasteiger partial charge in [-0.05, 0) is 61.0 Å². The van der Waals surface area contributed by atoms with Crippen LogP contribution in [0.25, 0.3) is 28.2 Å². The van der Waals surface area contributed by atoms with Crippen LogP contribution in [-0.2, 0) is 13.7 Å². The summed E-state index contributed by atoms with van der Waals surface area (Å²) < 4.78 is 16.1. The van der Waals surface area contributed by atoms with Crippen molar-refractivity contribution in [2.75, 3.05) is 14.2 Å². The zero-order chi connectivity index (χ0) is 27.5. The summed E-state index contributed by atoms with van der Waals surface area (Å²) in [7, 11) is 5.22. The van der Waals surface area contributed by atoms with Gasteiger partial charge in [0.1, 0.15) is 23.8 Å². The first kappa shape index (κ1) is 26.6. The number of fused-ring (bicyclic) bond motifs is 3. The molecule has 3 heterocycles. The average Bonchev–Trinajstić information content (AvgIpc) is 3.40. The minimum Gasteiger partial charge on any atom is -0.496 e. The molecule has 0 radical (unpaired) electrons. The monoisotopic (exact) mass is 617 g/mol. The molecule has 1 amide bonds. The Labute approximate surface area is 239 Å². The van der Waals surface area contributed by atoms with Gasteiger partial charge in [0, 0.05) is 58.6 Å². The molecular formula is C27H26BrCl2N5O3. The van der Waals surface area contributed by atoms with E-state index in [4.69, 9.17) is 37.8 Å². The lowest BCUT2D eigenvalue weighted by Gasteiger charge is -2.31. The summed E-state index contributed by atoms with van der Waals surface area (Å²) in [6, 6.07) is 8.96. The Kier molecular flexibility index (Phi) is 6.74. The Bertz CT molecular complexity index is 1570. The summed E-state index contributed by atoms with van der Waals surface area (Å²) >= 11 is 16.3. The van der Waals surface area contributed by atoms with Crippen LogP contribution >= 0.6 is 39.1 Å². The lowest BCUT2D eigenvalue weighted by atomic mass is 9.97. The molecule has 198 valence electrons. The molecule has 0 atom stereocenters. The molecule has 1 aliphatic rings. The van der Waals surface area contributed by atoms with Gasteiger partial charge in [-0.3, -0.25) is 9.48 Å². The fraction of sp³-hybridized carbons (Fsp3) is 0.296. The minimum atomic E-state index is -0.410. The van der Waals surface area contributed by atoms with Gasteiger partial charge in [0.05, 0.1) is 23.0 Å². The maximum absolute atomic E-state index is 13.7. The molecule has 38 heavy (non-hydrogen) atoms. The number of hydrogen-bond acceptors (Lipinski definition) is 5. The van der Waals surface area contributed by atoms with E-state index in [2.05, 4.69) is 21.0 Å². The van der Waals surface area contributed by atoms with E-state index < -0.39 is 5.54 Å². The Morgan fingerprint density at radius 2 is 1.79 bits per heavy atom. The number of ether oxygens (including phenoxy) is 2. The summed E-state index contributed by atoms with van der Waals surface area (Å²) in [5.41, 5.74) is 4.10. The quantitative estimate of drug-likeness (QED) is 0.252. The zero-order valence-electron chi connectivity index (χ0n) is 21.8. The van der Waals surface area contributed by atoms with Crippen molar-refractivity contribution in [3.63, 3.8) is 0 Å². The van der Waals surface area contributed by atoms with Gasteiger partial charge in [-0.25, -0.2) is 4.68 Å². The third-order valence-electron chi connectivity index (χ3n) is 6.56. The molecule has 2 aromatic heterocycles. The van der Waals surface area contributed by atoms with E-state index in [1.807, 2.05) is 46.1 Å². The summed E-state index contributed by atoms with van der Waals surface area (Å²) in [6.45, 7) is 6.08. The Balaban J connectivity index is 1.80. The van der Waals surface area contributed by atoms with Crippen LogP contribution in [-0.4, -0.2) is 50.1 Å². The molecule has 0 spiro atoms. The number of aromatic nitrogens is 4. The standard InChI is InChI=1S/C27H26BrCl2N5O3/c1-27(2,3)34(5)26(36)24-19-13-38-22-11-21(37-6)17(23-20(28)12-33(4)31-23)10-18(22)25(19)35(32-24)16-8-14(29)7-15(30)9-16/h7-12H,13H2,1-6H3. The topological polar surface area (TPSA) is 74.4 Å². The maximum atomic E-state index is 13.7. The number of benzene rings is 2. The van der Waals surface area contributed by atoms with Crippen LogP contribution in [0.15, 0.2) is 41.0 Å². The highest BCUT2D eigenvalue weighted by Crippen LogP contribution is 2.47. The maximum Gasteiger partial charge on any atom is 0.274 e. The van der Waals surface area contributed by atoms with Gasteiger partial charge in [-0.2, -0.15) is 10.2 Å². The molecule has 0 unspecified atom stereocenters. The molecule has 0 saturated carbocycles. The normalized spacial score (nSPS) is 12.6. The van der Waals surface area contributed by atoms with E-state index in [0.29, 0.717) is 49.9 Å². The second-order valence-corrected chi connectivity index (χ2v) is 11.8. The number of carbonyl (C=O) groups is 1. The largest absolute Gasteiger partial charge is 0.496 e. The highest BCUT2D eigenvalue weighted by atomic mass is 79.9. The summed E-state index contributed by atoms with van der Waals surface area (Å²) in [6.07, 6.45) is 1.87. The van der Waals surface area contributed by atoms with Crippen LogP contribution in [0.3, 0.4) is 0 Å². The van der Waals surface area contributed by atoms with Crippen molar-refractivity contribution in [3.8, 4) is 39.7 Å². The summed E-state index contributed by atoms with van der Waals surface area (Å²) in [4.78, 5) is 15.4. The van der Waals surface area contributed by atoms with E-state index in [0.717, 1.165) is 15.6 Å². The van der Waals surface area contributed by atoms with Crippen LogP contribution in [0.2, 0.25) is 10.0 Å². The molecule has 0 N–H and O–H groups in total. The predicted octanol–water partition coefficient (Wildman–Crippen LogP) is 6.78. The second kappa shape index (κ2) is 9.63. The fourth-order valence-electron chi connectivity index (χ4n) is 4.36. The van der Waals surface area contributed by atoms with Gasteiger partial charge in [0.25, 0.3) is 5.91 Å². The van der Waals surface area contributed by atoms with Crippen molar-refractivity contribution in [1.29, 1.82) is 0 Å². The number of methoxy groups -OCH3 is 1. The highest BCUT2D eigenvalue weighted by Gasteiger charge is 2.35.